The van der Waals surface area contributed by atoms with Crippen molar-refractivity contribution in [1.82, 2.24) is 9.97 Å². The highest BCUT2D eigenvalue weighted by molar-refractivity contribution is 7.99. The second-order valence-electron chi connectivity index (χ2n) is 4.15. The number of alkyl halides is 1. The summed E-state index contributed by atoms with van der Waals surface area (Å²) in [7, 11) is 0. The van der Waals surface area contributed by atoms with Crippen molar-refractivity contribution in [3.63, 3.8) is 0 Å². The molecule has 0 N–H and O–H groups in total. The minimum atomic E-state index is 0.781. The second-order valence-corrected chi connectivity index (χ2v) is 5.61. The summed E-state index contributed by atoms with van der Waals surface area (Å²) in [6, 6.07) is 8.17. The van der Waals surface area contributed by atoms with Crippen LogP contribution in [0.4, 0.5) is 0 Å². The largest absolute Gasteiger partial charge is 0.236 e. The van der Waals surface area contributed by atoms with Crippen LogP contribution in [-0.4, -0.2) is 21.6 Å². The van der Waals surface area contributed by atoms with Gasteiger partial charge in [0.25, 0.3) is 0 Å². The van der Waals surface area contributed by atoms with Crippen LogP contribution in [0.1, 0.15) is 25.7 Å². The zero-order chi connectivity index (χ0) is 12.6. The summed E-state index contributed by atoms with van der Waals surface area (Å²) < 4.78 is 0. The molecule has 0 fully saturated rings. The molecule has 2 aromatic rings. The lowest BCUT2D eigenvalue weighted by atomic mass is 10.2. The van der Waals surface area contributed by atoms with Gasteiger partial charge in [-0.1, -0.05) is 31.0 Å². The number of halogens is 1. The first-order valence-corrected chi connectivity index (χ1v) is 7.82. The van der Waals surface area contributed by atoms with E-state index in [-0.39, 0.29) is 0 Å². The van der Waals surface area contributed by atoms with Crippen LogP contribution in [0.2, 0.25) is 0 Å². The van der Waals surface area contributed by atoms with Crippen molar-refractivity contribution in [1.29, 1.82) is 0 Å². The van der Waals surface area contributed by atoms with E-state index in [0.29, 0.717) is 0 Å². The van der Waals surface area contributed by atoms with Crippen LogP contribution >= 0.6 is 23.4 Å². The average molecular weight is 281 g/mol. The summed E-state index contributed by atoms with van der Waals surface area (Å²) in [5.41, 5.74) is 1.03. The van der Waals surface area contributed by atoms with Crippen molar-refractivity contribution < 1.29 is 0 Å². The normalized spacial score (nSPS) is 10.9. The van der Waals surface area contributed by atoms with Crippen LogP contribution in [0.25, 0.3) is 10.9 Å². The Hall–Kier alpha value is -0.800. The summed E-state index contributed by atoms with van der Waals surface area (Å²) in [5.74, 6) is 1.90. The molecule has 0 aliphatic heterocycles. The Morgan fingerprint density at radius 3 is 2.72 bits per heavy atom. The Balaban J connectivity index is 1.88. The number of nitrogens with zero attached hydrogens (tertiary/aromatic N) is 2. The zero-order valence-electron chi connectivity index (χ0n) is 10.3. The molecular weight excluding hydrogens is 264 g/mol. The van der Waals surface area contributed by atoms with Gasteiger partial charge in [0.2, 0.25) is 0 Å². The smallest absolute Gasteiger partial charge is 0.117 e. The van der Waals surface area contributed by atoms with E-state index in [9.17, 15) is 0 Å². The monoisotopic (exact) mass is 280 g/mol. The number of hydrogen-bond acceptors (Lipinski definition) is 3. The van der Waals surface area contributed by atoms with E-state index >= 15 is 0 Å². The molecule has 0 saturated heterocycles. The number of unbranched alkanes of at least 4 members (excludes halogenated alkanes) is 3. The van der Waals surface area contributed by atoms with Crippen LogP contribution in [0.5, 0.6) is 0 Å². The van der Waals surface area contributed by atoms with E-state index in [1.165, 1.54) is 19.3 Å². The van der Waals surface area contributed by atoms with Gasteiger partial charge in [-0.25, -0.2) is 9.97 Å². The maximum Gasteiger partial charge on any atom is 0.117 e. The number of para-hydroxylation sites is 1. The Morgan fingerprint density at radius 2 is 1.83 bits per heavy atom. The number of thioether (sulfide) groups is 1. The van der Waals surface area contributed by atoms with Gasteiger partial charge in [-0.2, -0.15) is 0 Å². The second kappa shape index (κ2) is 7.59. The molecule has 1 aromatic carbocycles. The van der Waals surface area contributed by atoms with Crippen LogP contribution in [0.3, 0.4) is 0 Å². The van der Waals surface area contributed by atoms with Crippen LogP contribution < -0.4 is 0 Å². The highest BCUT2D eigenvalue weighted by Crippen LogP contribution is 2.25. The van der Waals surface area contributed by atoms with Gasteiger partial charge < -0.3 is 0 Å². The van der Waals surface area contributed by atoms with Crippen molar-refractivity contribution in [2.24, 2.45) is 0 Å². The number of benzene rings is 1. The fraction of sp³-hybridized carbons (Fsp3) is 0.429. The summed E-state index contributed by atoms with van der Waals surface area (Å²) in [4.78, 5) is 8.64. The molecule has 2 rings (SSSR count). The fourth-order valence-corrected chi connectivity index (χ4v) is 2.99. The molecule has 0 bridgehead atoms. The number of fused-ring (bicyclic) bond motifs is 1. The standard InChI is InChI=1S/C14H17ClN2S/c15-9-5-1-2-6-10-18-14-12-7-3-4-8-13(12)16-11-17-14/h3-4,7-8,11H,1-2,5-6,9-10H2. The first-order valence-electron chi connectivity index (χ1n) is 6.30. The van der Waals surface area contributed by atoms with Crippen LogP contribution in [-0.2, 0) is 0 Å². The Morgan fingerprint density at radius 1 is 1.00 bits per heavy atom. The van der Waals surface area contributed by atoms with Crippen molar-refractivity contribution >= 4 is 34.3 Å². The quantitative estimate of drug-likeness (QED) is 0.323. The first kappa shape index (κ1) is 13.6. The van der Waals surface area contributed by atoms with Crippen LogP contribution in [0.15, 0.2) is 35.6 Å². The van der Waals surface area contributed by atoms with Crippen LogP contribution in [0, 0.1) is 0 Å². The molecular formula is C14H17ClN2S. The van der Waals surface area contributed by atoms with E-state index in [1.54, 1.807) is 6.33 Å². The lowest BCUT2D eigenvalue weighted by molar-refractivity contribution is 0.709. The van der Waals surface area contributed by atoms with Gasteiger partial charge in [-0.05, 0) is 24.7 Å². The fourth-order valence-electron chi connectivity index (χ4n) is 1.81. The lowest BCUT2D eigenvalue weighted by Crippen LogP contribution is -1.88. The van der Waals surface area contributed by atoms with Gasteiger partial charge in [0, 0.05) is 11.3 Å². The summed E-state index contributed by atoms with van der Waals surface area (Å²) in [5, 5.41) is 2.25. The van der Waals surface area contributed by atoms with E-state index in [1.807, 2.05) is 30.0 Å². The molecule has 0 aliphatic carbocycles. The van der Waals surface area contributed by atoms with E-state index in [0.717, 1.165) is 34.0 Å². The third-order valence-electron chi connectivity index (χ3n) is 2.77. The third kappa shape index (κ3) is 3.85. The molecule has 0 amide bonds. The number of rotatable bonds is 7. The predicted molar refractivity (Wildman–Crippen MR) is 79.5 cm³/mol. The Labute approximate surface area is 117 Å². The molecule has 0 aliphatic rings. The number of hydrogen-bond donors (Lipinski definition) is 0. The average Bonchev–Trinajstić information content (AvgIpc) is 2.43. The van der Waals surface area contributed by atoms with E-state index < -0.39 is 0 Å². The van der Waals surface area contributed by atoms with Gasteiger partial charge in [-0.3, -0.25) is 0 Å². The molecule has 96 valence electrons. The predicted octanol–water partition coefficient (Wildman–Crippen LogP) is 4.52. The minimum absolute atomic E-state index is 0.781. The molecule has 2 nitrogen and oxygen atoms in total. The summed E-state index contributed by atoms with van der Waals surface area (Å²) >= 11 is 7.48. The maximum atomic E-state index is 5.65. The van der Waals surface area contributed by atoms with Gasteiger partial charge in [-0.15, -0.1) is 23.4 Å². The molecule has 0 unspecified atom stereocenters. The van der Waals surface area contributed by atoms with Crippen molar-refractivity contribution in [2.75, 3.05) is 11.6 Å². The van der Waals surface area contributed by atoms with Crippen molar-refractivity contribution in [2.45, 2.75) is 30.7 Å². The molecule has 0 radical (unpaired) electrons. The first-order chi connectivity index (χ1) is 8.92. The van der Waals surface area contributed by atoms with E-state index in [2.05, 4.69) is 16.0 Å². The highest BCUT2D eigenvalue weighted by Gasteiger charge is 2.02. The minimum Gasteiger partial charge on any atom is -0.236 e. The maximum absolute atomic E-state index is 5.65. The Kier molecular flexibility index (Phi) is 5.75. The van der Waals surface area contributed by atoms with E-state index in [4.69, 9.17) is 11.6 Å². The molecule has 4 heteroatoms. The molecule has 0 atom stereocenters. The molecule has 1 aromatic heterocycles. The SMILES string of the molecule is ClCCCCCCSc1ncnc2ccccc12. The van der Waals surface area contributed by atoms with Gasteiger partial charge in [0.05, 0.1) is 5.52 Å². The van der Waals surface area contributed by atoms with Crippen molar-refractivity contribution in [3.05, 3.63) is 30.6 Å². The molecule has 1 heterocycles. The van der Waals surface area contributed by atoms with Crippen molar-refractivity contribution in [3.8, 4) is 0 Å². The summed E-state index contributed by atoms with van der Waals surface area (Å²) in [6.07, 6.45) is 6.48. The highest BCUT2D eigenvalue weighted by atomic mass is 35.5. The van der Waals surface area contributed by atoms with Gasteiger partial charge in [0.1, 0.15) is 11.4 Å². The van der Waals surface area contributed by atoms with Gasteiger partial charge in [0.15, 0.2) is 0 Å². The molecule has 0 spiro atoms. The molecule has 18 heavy (non-hydrogen) atoms. The zero-order valence-corrected chi connectivity index (χ0v) is 11.9. The third-order valence-corrected chi connectivity index (χ3v) is 4.13. The lowest BCUT2D eigenvalue weighted by Gasteiger charge is -2.04. The van der Waals surface area contributed by atoms with Gasteiger partial charge >= 0.3 is 0 Å². The topological polar surface area (TPSA) is 25.8 Å². The molecule has 0 saturated carbocycles. The number of aromatic nitrogens is 2. The Bertz CT molecular complexity index is 485. The summed E-state index contributed by atoms with van der Waals surface area (Å²) in [6.45, 7) is 0.